The number of aryl methyl sites for hydroxylation is 1. The Morgan fingerprint density at radius 2 is 2.40 bits per heavy atom. The van der Waals surface area contributed by atoms with Crippen molar-refractivity contribution in [2.45, 2.75) is 25.7 Å². The first-order valence-corrected chi connectivity index (χ1v) is 5.77. The molecule has 2 saturated heterocycles. The van der Waals surface area contributed by atoms with Crippen molar-refractivity contribution in [3.63, 3.8) is 0 Å². The van der Waals surface area contributed by atoms with Gasteiger partial charge < -0.3 is 4.90 Å². The van der Waals surface area contributed by atoms with Gasteiger partial charge in [0.05, 0.1) is 11.9 Å². The van der Waals surface area contributed by atoms with E-state index < -0.39 is 0 Å². The lowest BCUT2D eigenvalue weighted by Gasteiger charge is -2.21. The van der Waals surface area contributed by atoms with Crippen LogP contribution in [0.4, 0.5) is 0 Å². The number of fused-ring (bicyclic) bond motifs is 2. The summed E-state index contributed by atoms with van der Waals surface area (Å²) in [6, 6.07) is 0. The first-order valence-electron chi connectivity index (χ1n) is 5.77. The molecule has 0 aliphatic carbocycles. The van der Waals surface area contributed by atoms with Gasteiger partial charge >= 0.3 is 0 Å². The molecule has 4 heteroatoms. The van der Waals surface area contributed by atoms with Crippen molar-refractivity contribution in [1.82, 2.24) is 20.1 Å². The largest absolute Gasteiger partial charge is 0.302 e. The average molecular weight is 204 g/mol. The van der Waals surface area contributed by atoms with E-state index in [4.69, 9.17) is 0 Å². The van der Waals surface area contributed by atoms with Gasteiger partial charge in [-0.05, 0) is 18.9 Å². The summed E-state index contributed by atoms with van der Waals surface area (Å²) >= 11 is 0. The molecule has 0 N–H and O–H groups in total. The van der Waals surface area contributed by atoms with Crippen LogP contribution in [-0.2, 0) is 6.42 Å². The minimum absolute atomic E-state index is 0.611. The van der Waals surface area contributed by atoms with Crippen LogP contribution < -0.4 is 0 Å². The average Bonchev–Trinajstić information content (AvgIpc) is 2.91. The number of aromatic nitrogens is 3. The number of piperidine rings is 1. The highest BCUT2D eigenvalue weighted by molar-refractivity contribution is 5.12. The SMILES string of the molecule is CCc1nncc([C@H]2CN3CC[C@H]2C3)n1. The van der Waals surface area contributed by atoms with Crippen LogP contribution >= 0.6 is 0 Å². The van der Waals surface area contributed by atoms with E-state index >= 15 is 0 Å². The normalized spacial score (nSPS) is 33.5. The Bertz CT molecular complexity index is 365. The summed E-state index contributed by atoms with van der Waals surface area (Å²) in [6.07, 6.45) is 4.06. The molecule has 1 aromatic heterocycles. The van der Waals surface area contributed by atoms with Gasteiger partial charge in [-0.25, -0.2) is 4.98 Å². The number of nitrogens with zero attached hydrogens (tertiary/aromatic N) is 4. The quantitative estimate of drug-likeness (QED) is 0.716. The predicted octanol–water partition coefficient (Wildman–Crippen LogP) is 0.853. The molecule has 4 nitrogen and oxygen atoms in total. The standard InChI is InChI=1S/C11H16N4/c1-2-11-13-10(5-12-14-11)9-7-15-4-3-8(9)6-15/h5,8-9H,2-4,6-7H2,1H3/t8-,9-/m0/s1. The molecule has 2 aliphatic heterocycles. The molecule has 3 heterocycles. The Hall–Kier alpha value is -1.03. The second-order valence-corrected chi connectivity index (χ2v) is 4.57. The fourth-order valence-electron chi connectivity index (χ4n) is 2.80. The molecule has 0 spiro atoms. The van der Waals surface area contributed by atoms with Crippen molar-refractivity contribution >= 4 is 0 Å². The minimum atomic E-state index is 0.611. The zero-order valence-corrected chi connectivity index (χ0v) is 9.06. The van der Waals surface area contributed by atoms with E-state index in [0.29, 0.717) is 5.92 Å². The zero-order chi connectivity index (χ0) is 10.3. The van der Waals surface area contributed by atoms with Crippen molar-refractivity contribution in [2.75, 3.05) is 19.6 Å². The van der Waals surface area contributed by atoms with Crippen molar-refractivity contribution in [1.29, 1.82) is 0 Å². The van der Waals surface area contributed by atoms with Crippen molar-refractivity contribution in [3.05, 3.63) is 17.7 Å². The Kier molecular flexibility index (Phi) is 2.16. The first kappa shape index (κ1) is 9.21. The molecule has 0 aromatic carbocycles. The highest BCUT2D eigenvalue weighted by Gasteiger charge is 2.39. The third-order valence-corrected chi connectivity index (χ3v) is 3.65. The maximum absolute atomic E-state index is 4.59. The first-order chi connectivity index (χ1) is 7.36. The van der Waals surface area contributed by atoms with E-state index in [9.17, 15) is 0 Å². The summed E-state index contributed by atoms with van der Waals surface area (Å²) in [7, 11) is 0. The molecular formula is C11H16N4. The maximum atomic E-state index is 4.59. The fourth-order valence-corrected chi connectivity index (χ4v) is 2.80. The smallest absolute Gasteiger partial charge is 0.150 e. The summed E-state index contributed by atoms with van der Waals surface area (Å²) in [5, 5.41) is 8.07. The summed E-state index contributed by atoms with van der Waals surface area (Å²) in [4.78, 5) is 7.12. The van der Waals surface area contributed by atoms with Gasteiger partial charge in [0, 0.05) is 25.4 Å². The highest BCUT2D eigenvalue weighted by Crippen LogP contribution is 2.38. The molecule has 1 aromatic rings. The molecule has 3 atom stereocenters. The van der Waals surface area contributed by atoms with E-state index in [1.165, 1.54) is 26.1 Å². The zero-order valence-electron chi connectivity index (χ0n) is 9.06. The topological polar surface area (TPSA) is 41.9 Å². The number of hydrogen-bond acceptors (Lipinski definition) is 4. The van der Waals surface area contributed by atoms with E-state index in [-0.39, 0.29) is 0 Å². The lowest BCUT2D eigenvalue weighted by atomic mass is 9.90. The van der Waals surface area contributed by atoms with Crippen LogP contribution in [0.15, 0.2) is 6.20 Å². The monoisotopic (exact) mass is 204 g/mol. The van der Waals surface area contributed by atoms with Gasteiger partial charge in [0.2, 0.25) is 0 Å². The Balaban J connectivity index is 1.86. The van der Waals surface area contributed by atoms with Crippen molar-refractivity contribution < 1.29 is 0 Å². The van der Waals surface area contributed by atoms with Crippen LogP contribution in [-0.4, -0.2) is 39.7 Å². The van der Waals surface area contributed by atoms with Crippen LogP contribution in [0.25, 0.3) is 0 Å². The second-order valence-electron chi connectivity index (χ2n) is 4.57. The fraction of sp³-hybridized carbons (Fsp3) is 0.727. The van der Waals surface area contributed by atoms with E-state index in [1.54, 1.807) is 0 Å². The molecule has 3 rings (SSSR count). The molecule has 2 aliphatic rings. The van der Waals surface area contributed by atoms with Crippen LogP contribution in [0, 0.1) is 5.92 Å². The Morgan fingerprint density at radius 3 is 3.07 bits per heavy atom. The van der Waals surface area contributed by atoms with E-state index in [1.807, 2.05) is 6.20 Å². The van der Waals surface area contributed by atoms with Gasteiger partial charge in [-0.15, -0.1) is 5.10 Å². The molecule has 0 saturated carbocycles. The van der Waals surface area contributed by atoms with Crippen LogP contribution in [0.2, 0.25) is 0 Å². The lowest BCUT2D eigenvalue weighted by Crippen LogP contribution is -2.23. The molecule has 2 bridgehead atoms. The van der Waals surface area contributed by atoms with Gasteiger partial charge in [-0.3, -0.25) is 0 Å². The van der Waals surface area contributed by atoms with E-state index in [0.717, 1.165) is 23.9 Å². The van der Waals surface area contributed by atoms with Gasteiger partial charge in [-0.2, -0.15) is 5.10 Å². The molecular weight excluding hydrogens is 188 g/mol. The molecule has 1 unspecified atom stereocenters. The van der Waals surface area contributed by atoms with Gasteiger partial charge in [0.25, 0.3) is 0 Å². The van der Waals surface area contributed by atoms with E-state index in [2.05, 4.69) is 27.0 Å². The van der Waals surface area contributed by atoms with Crippen LogP contribution in [0.1, 0.15) is 30.8 Å². The van der Waals surface area contributed by atoms with Crippen LogP contribution in [0.3, 0.4) is 0 Å². The van der Waals surface area contributed by atoms with Crippen molar-refractivity contribution in [2.24, 2.45) is 5.92 Å². The predicted molar refractivity (Wildman–Crippen MR) is 56.5 cm³/mol. The maximum Gasteiger partial charge on any atom is 0.150 e. The summed E-state index contributed by atoms with van der Waals surface area (Å²) in [5.74, 6) is 2.30. The van der Waals surface area contributed by atoms with Gasteiger partial charge in [0.1, 0.15) is 0 Å². The number of rotatable bonds is 2. The Labute approximate surface area is 89.7 Å². The minimum Gasteiger partial charge on any atom is -0.302 e. The molecule has 0 radical (unpaired) electrons. The third-order valence-electron chi connectivity index (χ3n) is 3.65. The van der Waals surface area contributed by atoms with Crippen LogP contribution in [0.5, 0.6) is 0 Å². The summed E-state index contributed by atoms with van der Waals surface area (Å²) in [6.45, 7) is 5.79. The van der Waals surface area contributed by atoms with Gasteiger partial charge in [-0.1, -0.05) is 6.92 Å². The van der Waals surface area contributed by atoms with Gasteiger partial charge in [0.15, 0.2) is 5.82 Å². The summed E-state index contributed by atoms with van der Waals surface area (Å²) < 4.78 is 0. The molecule has 0 amide bonds. The Morgan fingerprint density at radius 1 is 1.47 bits per heavy atom. The second kappa shape index (κ2) is 3.52. The number of hydrogen-bond donors (Lipinski definition) is 0. The van der Waals surface area contributed by atoms with Crippen molar-refractivity contribution in [3.8, 4) is 0 Å². The summed E-state index contributed by atoms with van der Waals surface area (Å²) in [5.41, 5.74) is 1.16. The molecule has 15 heavy (non-hydrogen) atoms. The molecule has 2 fully saturated rings. The molecule has 80 valence electrons. The lowest BCUT2D eigenvalue weighted by molar-refractivity contribution is 0.343. The third kappa shape index (κ3) is 1.53. The highest BCUT2D eigenvalue weighted by atomic mass is 15.2.